The molecule has 0 saturated heterocycles. The van der Waals surface area contributed by atoms with Gasteiger partial charge in [0.15, 0.2) is 0 Å². The third-order valence-corrected chi connectivity index (χ3v) is 3.04. The zero-order valence-electron chi connectivity index (χ0n) is 13.1. The van der Waals surface area contributed by atoms with E-state index in [0.29, 0.717) is 13.2 Å². The lowest BCUT2D eigenvalue weighted by Crippen LogP contribution is -2.26. The van der Waals surface area contributed by atoms with E-state index >= 15 is 0 Å². The zero-order chi connectivity index (χ0) is 15.3. The minimum absolute atomic E-state index is 0.363. The maximum atomic E-state index is 11.9. The standard InChI is InChI=1S/C18H25NO2/c1-3-5-6-7-8-12-15-19(18(20)21-4-2)16-17-13-10-9-11-14-17/h9-11,13-14H,3-8,16H2,1-2H3. The molecule has 0 atom stereocenters. The summed E-state index contributed by atoms with van der Waals surface area (Å²) in [7, 11) is 0. The molecule has 0 heterocycles. The average molecular weight is 287 g/mol. The van der Waals surface area contributed by atoms with Crippen LogP contribution in [0.25, 0.3) is 0 Å². The van der Waals surface area contributed by atoms with Gasteiger partial charge < -0.3 is 4.74 Å². The molecule has 0 fully saturated rings. The molecule has 114 valence electrons. The first kappa shape index (κ1) is 17.1. The smallest absolute Gasteiger partial charge is 0.421 e. The van der Waals surface area contributed by atoms with Crippen molar-refractivity contribution >= 4 is 6.09 Å². The highest BCUT2D eigenvalue weighted by Gasteiger charge is 2.12. The van der Waals surface area contributed by atoms with Gasteiger partial charge in [-0.3, -0.25) is 0 Å². The van der Waals surface area contributed by atoms with Crippen molar-refractivity contribution in [3.63, 3.8) is 0 Å². The van der Waals surface area contributed by atoms with Crippen LogP contribution in [-0.4, -0.2) is 17.6 Å². The number of carbonyl (C=O) groups is 1. The molecule has 0 aliphatic heterocycles. The van der Waals surface area contributed by atoms with Crippen molar-refractivity contribution < 1.29 is 9.53 Å². The quantitative estimate of drug-likeness (QED) is 0.417. The zero-order valence-corrected chi connectivity index (χ0v) is 13.1. The number of carbonyl (C=O) groups excluding carboxylic acids is 1. The average Bonchev–Trinajstić information content (AvgIpc) is 2.50. The molecular formula is C18H25NO2. The molecule has 3 nitrogen and oxygen atoms in total. The van der Waals surface area contributed by atoms with Gasteiger partial charge >= 0.3 is 6.09 Å². The summed E-state index contributed by atoms with van der Waals surface area (Å²) in [6.45, 7) is 4.81. The normalized spacial score (nSPS) is 9.62. The minimum atomic E-state index is -0.373. The Balaban J connectivity index is 2.56. The van der Waals surface area contributed by atoms with Gasteiger partial charge in [-0.2, -0.15) is 0 Å². The fourth-order valence-electron chi connectivity index (χ4n) is 1.91. The summed E-state index contributed by atoms with van der Waals surface area (Å²) in [5.74, 6) is 3.08. The van der Waals surface area contributed by atoms with Crippen molar-refractivity contribution in [1.29, 1.82) is 0 Å². The Bertz CT molecular complexity index is 459. The van der Waals surface area contributed by atoms with E-state index < -0.39 is 0 Å². The van der Waals surface area contributed by atoms with Crippen LogP contribution in [0.2, 0.25) is 0 Å². The van der Waals surface area contributed by atoms with E-state index in [2.05, 4.69) is 18.9 Å². The topological polar surface area (TPSA) is 29.5 Å². The van der Waals surface area contributed by atoms with Crippen molar-refractivity contribution in [3.05, 3.63) is 35.9 Å². The summed E-state index contributed by atoms with van der Waals surface area (Å²) < 4.78 is 5.06. The van der Waals surface area contributed by atoms with E-state index in [1.807, 2.05) is 30.3 Å². The third-order valence-electron chi connectivity index (χ3n) is 3.04. The molecule has 1 amide bonds. The largest absolute Gasteiger partial charge is 0.449 e. The second-order valence-electron chi connectivity index (χ2n) is 4.87. The van der Waals surface area contributed by atoms with Crippen LogP contribution < -0.4 is 0 Å². The highest BCUT2D eigenvalue weighted by atomic mass is 16.6. The summed E-state index contributed by atoms with van der Waals surface area (Å²) in [6, 6.07) is 12.8. The Morgan fingerprint density at radius 1 is 1.14 bits per heavy atom. The molecule has 0 aliphatic carbocycles. The number of hydrogen-bond donors (Lipinski definition) is 0. The van der Waals surface area contributed by atoms with Crippen LogP contribution in [-0.2, 0) is 11.3 Å². The van der Waals surface area contributed by atoms with Gasteiger partial charge in [0.1, 0.15) is 0 Å². The summed E-state index contributed by atoms with van der Waals surface area (Å²) in [5.41, 5.74) is 1.05. The fourth-order valence-corrected chi connectivity index (χ4v) is 1.91. The first-order valence-electron chi connectivity index (χ1n) is 7.74. The van der Waals surface area contributed by atoms with Crippen LogP contribution in [0.5, 0.6) is 0 Å². The molecule has 1 rings (SSSR count). The van der Waals surface area contributed by atoms with Crippen LogP contribution >= 0.6 is 0 Å². The lowest BCUT2D eigenvalue weighted by molar-refractivity contribution is 0.123. The van der Waals surface area contributed by atoms with E-state index in [9.17, 15) is 4.79 Å². The molecule has 0 spiro atoms. The molecule has 21 heavy (non-hydrogen) atoms. The number of unbranched alkanes of at least 4 members (excludes halogenated alkanes) is 4. The number of hydrogen-bond acceptors (Lipinski definition) is 2. The van der Waals surface area contributed by atoms with Gasteiger partial charge in [-0.05, 0) is 18.9 Å². The van der Waals surface area contributed by atoms with Crippen molar-refractivity contribution in [2.24, 2.45) is 0 Å². The molecule has 1 aromatic carbocycles. The lowest BCUT2D eigenvalue weighted by atomic mass is 10.2. The van der Waals surface area contributed by atoms with Gasteiger partial charge in [-0.15, -0.1) is 0 Å². The number of amides is 1. The van der Waals surface area contributed by atoms with E-state index in [-0.39, 0.29) is 6.09 Å². The highest BCUT2D eigenvalue weighted by Crippen LogP contribution is 2.06. The van der Waals surface area contributed by atoms with Crippen LogP contribution in [0.15, 0.2) is 30.3 Å². The van der Waals surface area contributed by atoms with Crippen molar-refractivity contribution in [1.82, 2.24) is 4.90 Å². The van der Waals surface area contributed by atoms with Gasteiger partial charge in [-0.1, -0.05) is 62.4 Å². The monoisotopic (exact) mass is 287 g/mol. The Kier molecular flexibility index (Phi) is 8.79. The number of ether oxygens (including phenoxy) is 1. The van der Waals surface area contributed by atoms with Gasteiger partial charge in [0.2, 0.25) is 0 Å². The molecular weight excluding hydrogens is 262 g/mol. The molecule has 0 N–H and O–H groups in total. The number of benzene rings is 1. The molecule has 0 aromatic heterocycles. The molecule has 0 radical (unpaired) electrons. The van der Waals surface area contributed by atoms with Crippen LogP contribution in [0.4, 0.5) is 4.79 Å². The highest BCUT2D eigenvalue weighted by molar-refractivity contribution is 5.69. The maximum Gasteiger partial charge on any atom is 0.421 e. The maximum absolute atomic E-state index is 11.9. The summed E-state index contributed by atoms with van der Waals surface area (Å²) in [4.78, 5) is 13.4. The Morgan fingerprint density at radius 3 is 2.57 bits per heavy atom. The molecule has 0 aliphatic rings. The van der Waals surface area contributed by atoms with Gasteiger partial charge in [0, 0.05) is 12.5 Å². The Labute approximate surface area is 128 Å². The molecule has 1 aromatic rings. The Hall–Kier alpha value is -1.95. The van der Waals surface area contributed by atoms with Gasteiger partial charge in [0.05, 0.1) is 13.2 Å². The number of nitrogens with zero attached hydrogens (tertiary/aromatic N) is 1. The number of rotatable bonds is 7. The van der Waals surface area contributed by atoms with Gasteiger partial charge in [0.25, 0.3) is 0 Å². The minimum Gasteiger partial charge on any atom is -0.449 e. The first-order valence-corrected chi connectivity index (χ1v) is 7.74. The molecule has 3 heteroatoms. The summed E-state index contributed by atoms with van der Waals surface area (Å²) in [6.07, 6.45) is 5.20. The van der Waals surface area contributed by atoms with E-state index in [1.54, 1.807) is 6.92 Å². The van der Waals surface area contributed by atoms with Crippen molar-refractivity contribution in [2.45, 2.75) is 52.5 Å². The van der Waals surface area contributed by atoms with Crippen molar-refractivity contribution in [2.75, 3.05) is 6.61 Å². The predicted molar refractivity (Wildman–Crippen MR) is 85.5 cm³/mol. The molecule has 0 unspecified atom stereocenters. The second-order valence-corrected chi connectivity index (χ2v) is 4.87. The summed E-state index contributed by atoms with van der Waals surface area (Å²) in [5, 5.41) is 0. The SMILES string of the molecule is CCCCCCC#CN(Cc1ccccc1)C(=O)OCC. The second kappa shape index (κ2) is 10.8. The van der Waals surface area contributed by atoms with Crippen LogP contribution in [0.1, 0.15) is 51.5 Å². The van der Waals surface area contributed by atoms with Crippen molar-refractivity contribution in [3.8, 4) is 12.0 Å². The first-order chi connectivity index (χ1) is 10.3. The van der Waals surface area contributed by atoms with E-state index in [1.165, 1.54) is 24.2 Å². The van der Waals surface area contributed by atoms with E-state index in [0.717, 1.165) is 18.4 Å². The van der Waals surface area contributed by atoms with E-state index in [4.69, 9.17) is 4.74 Å². The third kappa shape index (κ3) is 7.41. The molecule has 0 bridgehead atoms. The van der Waals surface area contributed by atoms with Crippen LogP contribution in [0.3, 0.4) is 0 Å². The lowest BCUT2D eigenvalue weighted by Gasteiger charge is -2.15. The predicted octanol–water partition coefficient (Wildman–Crippen LogP) is 4.58. The Morgan fingerprint density at radius 2 is 1.90 bits per heavy atom. The summed E-state index contributed by atoms with van der Waals surface area (Å²) >= 11 is 0. The van der Waals surface area contributed by atoms with Crippen LogP contribution in [0, 0.1) is 12.0 Å². The molecule has 0 saturated carbocycles. The fraction of sp³-hybridized carbons (Fsp3) is 0.500. The van der Waals surface area contributed by atoms with Gasteiger partial charge in [-0.25, -0.2) is 9.69 Å².